The van der Waals surface area contributed by atoms with Crippen LogP contribution in [0.15, 0.2) is 23.5 Å². The molecule has 0 radical (unpaired) electrons. The number of aliphatic imine (C=N–C) groups is 1. The van der Waals surface area contributed by atoms with Crippen molar-refractivity contribution in [1.29, 1.82) is 0 Å². The van der Waals surface area contributed by atoms with Crippen molar-refractivity contribution in [2.75, 3.05) is 32.7 Å². The first-order chi connectivity index (χ1) is 14.4. The molecule has 1 N–H and O–H groups in total. The molecule has 176 valence electrons. The molecule has 9 heteroatoms. The molecule has 1 aromatic heterocycles. The number of nitrogens with zero attached hydrogens (tertiary/aromatic N) is 5. The third-order valence-corrected chi connectivity index (χ3v) is 5.47. The smallest absolute Gasteiger partial charge is 0.410 e. The standard InChI is InChI=1S/C22H38N6O2.HI/c1-5-23-20(24-12-16-27-13-6-11-25-27)26-14-9-19(10-15-26)28(17-18-7-8-18)21(29)30-22(2,3)4;/h6,11,13,18-19H,5,7-10,12,14-17H2,1-4H3,(H,23,24);1H. The summed E-state index contributed by atoms with van der Waals surface area (Å²) in [5.41, 5.74) is -0.459. The number of carbonyl (C=O) groups excluding carboxylic acids is 1. The molecule has 2 fully saturated rings. The van der Waals surface area contributed by atoms with Crippen LogP contribution in [0.5, 0.6) is 0 Å². The summed E-state index contributed by atoms with van der Waals surface area (Å²) >= 11 is 0. The average molecular weight is 546 g/mol. The van der Waals surface area contributed by atoms with E-state index in [0.29, 0.717) is 12.5 Å². The van der Waals surface area contributed by atoms with E-state index in [0.717, 1.165) is 51.5 Å². The zero-order valence-electron chi connectivity index (χ0n) is 19.4. The number of hydrogen-bond acceptors (Lipinski definition) is 4. The fraction of sp³-hybridized carbons (Fsp3) is 0.773. The Balaban J connectivity index is 0.00000341. The van der Waals surface area contributed by atoms with Crippen LogP contribution in [0.2, 0.25) is 0 Å². The number of rotatable bonds is 7. The number of ether oxygens (including phenoxy) is 1. The topological polar surface area (TPSA) is 75.0 Å². The minimum absolute atomic E-state index is 0. The fourth-order valence-electron chi connectivity index (χ4n) is 3.78. The first-order valence-electron chi connectivity index (χ1n) is 11.4. The molecule has 0 atom stereocenters. The van der Waals surface area contributed by atoms with Crippen molar-refractivity contribution in [1.82, 2.24) is 24.9 Å². The Kier molecular flexibility index (Phi) is 9.90. The Morgan fingerprint density at radius 1 is 1.26 bits per heavy atom. The van der Waals surface area contributed by atoms with Crippen molar-refractivity contribution >= 4 is 36.0 Å². The number of nitrogens with one attached hydrogen (secondary N) is 1. The predicted octanol–water partition coefficient (Wildman–Crippen LogP) is 3.58. The minimum Gasteiger partial charge on any atom is -0.444 e. The van der Waals surface area contributed by atoms with Gasteiger partial charge in [-0.3, -0.25) is 9.67 Å². The SMILES string of the molecule is CCNC(=NCCn1cccn1)N1CCC(N(CC2CC2)C(=O)OC(C)(C)C)CC1.I. The van der Waals surface area contributed by atoms with Gasteiger partial charge in [0.25, 0.3) is 0 Å². The fourth-order valence-corrected chi connectivity index (χ4v) is 3.78. The highest BCUT2D eigenvalue weighted by atomic mass is 127. The van der Waals surface area contributed by atoms with Crippen molar-refractivity contribution in [3.8, 4) is 0 Å². The van der Waals surface area contributed by atoms with Crippen LogP contribution in [0, 0.1) is 5.92 Å². The molecule has 0 spiro atoms. The van der Waals surface area contributed by atoms with Crippen LogP contribution in [-0.2, 0) is 11.3 Å². The Morgan fingerprint density at radius 3 is 2.52 bits per heavy atom. The van der Waals surface area contributed by atoms with E-state index in [2.05, 4.69) is 22.2 Å². The van der Waals surface area contributed by atoms with Crippen molar-refractivity contribution < 1.29 is 9.53 Å². The van der Waals surface area contributed by atoms with Gasteiger partial charge in [-0.15, -0.1) is 24.0 Å². The van der Waals surface area contributed by atoms with E-state index in [4.69, 9.17) is 9.73 Å². The third-order valence-electron chi connectivity index (χ3n) is 5.47. The van der Waals surface area contributed by atoms with E-state index in [1.54, 1.807) is 6.20 Å². The Bertz CT molecular complexity index is 691. The molecule has 8 nitrogen and oxygen atoms in total. The summed E-state index contributed by atoms with van der Waals surface area (Å²) < 4.78 is 7.61. The molecule has 1 aliphatic heterocycles. The molecule has 0 aromatic carbocycles. The quantitative estimate of drug-likeness (QED) is 0.322. The number of likely N-dealkylation sites (tertiary alicyclic amines) is 1. The van der Waals surface area contributed by atoms with E-state index in [9.17, 15) is 4.79 Å². The lowest BCUT2D eigenvalue weighted by Crippen LogP contribution is -2.52. The highest BCUT2D eigenvalue weighted by Crippen LogP contribution is 2.32. The maximum absolute atomic E-state index is 12.8. The highest BCUT2D eigenvalue weighted by Gasteiger charge is 2.35. The van der Waals surface area contributed by atoms with Crippen LogP contribution < -0.4 is 5.32 Å². The lowest BCUT2D eigenvalue weighted by Gasteiger charge is -2.40. The van der Waals surface area contributed by atoms with E-state index >= 15 is 0 Å². The molecule has 0 unspecified atom stereocenters. The zero-order chi connectivity index (χ0) is 21.6. The average Bonchev–Trinajstić information content (AvgIpc) is 3.37. The minimum atomic E-state index is -0.459. The lowest BCUT2D eigenvalue weighted by atomic mass is 10.0. The van der Waals surface area contributed by atoms with Crippen LogP contribution in [0.4, 0.5) is 4.79 Å². The molecule has 2 aliphatic rings. The summed E-state index contributed by atoms with van der Waals surface area (Å²) in [6.07, 6.45) is 7.92. The van der Waals surface area contributed by atoms with Gasteiger partial charge in [-0.25, -0.2) is 4.79 Å². The van der Waals surface area contributed by atoms with Crippen LogP contribution in [0.25, 0.3) is 0 Å². The van der Waals surface area contributed by atoms with E-state index in [1.807, 2.05) is 42.6 Å². The Hall–Kier alpha value is -1.52. The second-order valence-corrected chi connectivity index (χ2v) is 9.30. The number of amides is 1. The maximum atomic E-state index is 12.8. The van der Waals surface area contributed by atoms with E-state index < -0.39 is 5.60 Å². The molecule has 1 amide bonds. The van der Waals surface area contributed by atoms with Crippen molar-refractivity contribution in [3.05, 3.63) is 18.5 Å². The van der Waals surface area contributed by atoms with Gasteiger partial charge in [0.05, 0.1) is 13.1 Å². The molecular formula is C22H39IN6O2. The number of guanidine groups is 1. The Labute approximate surface area is 203 Å². The summed E-state index contributed by atoms with van der Waals surface area (Å²) in [6, 6.07) is 2.17. The largest absolute Gasteiger partial charge is 0.444 e. The van der Waals surface area contributed by atoms with Gasteiger partial charge in [-0.2, -0.15) is 5.10 Å². The van der Waals surface area contributed by atoms with Gasteiger partial charge in [-0.1, -0.05) is 0 Å². The summed E-state index contributed by atoms with van der Waals surface area (Å²) in [4.78, 5) is 21.9. The van der Waals surface area contributed by atoms with E-state index in [1.165, 1.54) is 12.8 Å². The van der Waals surface area contributed by atoms with Crippen molar-refractivity contribution in [2.45, 2.75) is 71.6 Å². The number of piperidine rings is 1. The van der Waals surface area contributed by atoms with Crippen LogP contribution in [0.1, 0.15) is 53.4 Å². The summed E-state index contributed by atoms with van der Waals surface area (Å²) in [6.45, 7) is 12.8. The first kappa shape index (κ1) is 25.7. The molecule has 1 aliphatic carbocycles. The maximum Gasteiger partial charge on any atom is 0.410 e. The van der Waals surface area contributed by atoms with Gasteiger partial charge < -0.3 is 19.9 Å². The van der Waals surface area contributed by atoms with Crippen LogP contribution in [-0.4, -0.2) is 76.0 Å². The second kappa shape index (κ2) is 11.9. The van der Waals surface area contributed by atoms with Gasteiger partial charge in [0.1, 0.15) is 5.60 Å². The second-order valence-electron chi connectivity index (χ2n) is 9.30. The number of halogens is 1. The summed E-state index contributed by atoms with van der Waals surface area (Å²) in [5, 5.41) is 7.65. The van der Waals surface area contributed by atoms with Gasteiger partial charge in [0.15, 0.2) is 5.96 Å². The predicted molar refractivity (Wildman–Crippen MR) is 134 cm³/mol. The van der Waals surface area contributed by atoms with Gasteiger partial charge >= 0.3 is 6.09 Å². The first-order valence-corrected chi connectivity index (χ1v) is 11.4. The molecule has 1 saturated heterocycles. The van der Waals surface area contributed by atoms with Crippen molar-refractivity contribution in [2.24, 2.45) is 10.9 Å². The third kappa shape index (κ3) is 8.50. The molecule has 1 aromatic rings. The monoisotopic (exact) mass is 546 g/mol. The van der Waals surface area contributed by atoms with Crippen molar-refractivity contribution in [3.63, 3.8) is 0 Å². The van der Waals surface area contributed by atoms with Gasteiger partial charge in [0, 0.05) is 44.6 Å². The number of carbonyl (C=O) groups is 1. The summed E-state index contributed by atoms with van der Waals surface area (Å²) in [5.74, 6) is 1.60. The molecule has 31 heavy (non-hydrogen) atoms. The molecule has 0 bridgehead atoms. The number of aromatic nitrogens is 2. The van der Waals surface area contributed by atoms with Crippen LogP contribution in [0.3, 0.4) is 0 Å². The Morgan fingerprint density at radius 2 is 1.97 bits per heavy atom. The number of hydrogen-bond donors (Lipinski definition) is 1. The molecule has 3 rings (SSSR count). The molecule has 2 heterocycles. The molecule has 1 saturated carbocycles. The lowest BCUT2D eigenvalue weighted by molar-refractivity contribution is 0.00928. The van der Waals surface area contributed by atoms with Crippen LogP contribution >= 0.6 is 24.0 Å². The molecular weight excluding hydrogens is 507 g/mol. The zero-order valence-corrected chi connectivity index (χ0v) is 21.7. The van der Waals surface area contributed by atoms with Gasteiger partial charge in [-0.05, 0) is 65.4 Å². The van der Waals surface area contributed by atoms with Gasteiger partial charge in [0.2, 0.25) is 0 Å². The highest BCUT2D eigenvalue weighted by molar-refractivity contribution is 14.0. The normalized spacial score (nSPS) is 17.8. The van der Waals surface area contributed by atoms with E-state index in [-0.39, 0.29) is 36.1 Å². The summed E-state index contributed by atoms with van der Waals surface area (Å²) in [7, 11) is 0.